The van der Waals surface area contributed by atoms with Crippen molar-refractivity contribution in [3.05, 3.63) is 46.8 Å². The second-order valence-electron chi connectivity index (χ2n) is 7.15. The molecule has 6 heteroatoms. The predicted octanol–water partition coefficient (Wildman–Crippen LogP) is 2.57. The number of nitrogens with zero attached hydrogens (tertiary/aromatic N) is 2. The number of amides is 1. The van der Waals surface area contributed by atoms with Crippen molar-refractivity contribution in [3.8, 4) is 5.75 Å². The van der Waals surface area contributed by atoms with E-state index < -0.39 is 5.60 Å². The standard InChI is InChI=1S/C20H26N2O4/c1-14-6-4-5-7-18(14)25-13-20(24)10-11-22(12-20)19(23)9-8-17-15(2)21-26-16(17)3/h4-7,24H,8-13H2,1-3H3/t20-/m1/s1. The Morgan fingerprint density at radius 2 is 2.12 bits per heavy atom. The molecular weight excluding hydrogens is 332 g/mol. The number of rotatable bonds is 6. The van der Waals surface area contributed by atoms with Gasteiger partial charge in [-0.05, 0) is 45.2 Å². The third kappa shape index (κ3) is 4.07. The van der Waals surface area contributed by atoms with Crippen LogP contribution in [0.25, 0.3) is 0 Å². The average Bonchev–Trinajstić information content (AvgIpc) is 3.16. The summed E-state index contributed by atoms with van der Waals surface area (Å²) in [5.74, 6) is 1.57. The Morgan fingerprint density at radius 3 is 2.81 bits per heavy atom. The largest absolute Gasteiger partial charge is 0.490 e. The molecule has 2 aromatic rings. The first kappa shape index (κ1) is 18.5. The minimum absolute atomic E-state index is 0.0387. The molecule has 1 aliphatic rings. The van der Waals surface area contributed by atoms with Gasteiger partial charge < -0.3 is 19.3 Å². The lowest BCUT2D eigenvalue weighted by Gasteiger charge is -2.24. The lowest BCUT2D eigenvalue weighted by molar-refractivity contribution is -0.131. The van der Waals surface area contributed by atoms with Crippen molar-refractivity contribution in [1.82, 2.24) is 10.1 Å². The minimum Gasteiger partial charge on any atom is -0.490 e. The van der Waals surface area contributed by atoms with Crippen LogP contribution in [-0.2, 0) is 11.2 Å². The van der Waals surface area contributed by atoms with Crippen LogP contribution < -0.4 is 4.74 Å². The first-order valence-corrected chi connectivity index (χ1v) is 8.98. The van der Waals surface area contributed by atoms with Gasteiger partial charge >= 0.3 is 0 Å². The Kier molecular flexibility index (Phi) is 5.32. The number of para-hydroxylation sites is 1. The average molecular weight is 358 g/mol. The van der Waals surface area contributed by atoms with Crippen LogP contribution in [0.2, 0.25) is 0 Å². The quantitative estimate of drug-likeness (QED) is 0.859. The molecule has 1 N–H and O–H groups in total. The fraction of sp³-hybridized carbons (Fsp3) is 0.500. The number of carbonyl (C=O) groups excluding carboxylic acids is 1. The van der Waals surface area contributed by atoms with Crippen LogP contribution in [0.15, 0.2) is 28.8 Å². The zero-order valence-corrected chi connectivity index (χ0v) is 15.6. The van der Waals surface area contributed by atoms with Crippen molar-refractivity contribution >= 4 is 5.91 Å². The van der Waals surface area contributed by atoms with Gasteiger partial charge in [-0.1, -0.05) is 23.4 Å². The van der Waals surface area contributed by atoms with Gasteiger partial charge in [-0.15, -0.1) is 0 Å². The monoisotopic (exact) mass is 358 g/mol. The Hall–Kier alpha value is -2.34. The molecule has 2 heterocycles. The van der Waals surface area contributed by atoms with Gasteiger partial charge in [0, 0.05) is 18.5 Å². The maximum atomic E-state index is 12.5. The van der Waals surface area contributed by atoms with Crippen molar-refractivity contribution in [2.75, 3.05) is 19.7 Å². The number of aryl methyl sites for hydroxylation is 3. The molecule has 1 aromatic carbocycles. The number of likely N-dealkylation sites (tertiary alicyclic amines) is 1. The maximum Gasteiger partial charge on any atom is 0.223 e. The number of ether oxygens (including phenoxy) is 1. The Morgan fingerprint density at radius 1 is 1.35 bits per heavy atom. The van der Waals surface area contributed by atoms with Gasteiger partial charge in [0.25, 0.3) is 0 Å². The van der Waals surface area contributed by atoms with E-state index in [0.29, 0.717) is 32.4 Å². The van der Waals surface area contributed by atoms with E-state index in [1.165, 1.54) is 0 Å². The molecule has 1 amide bonds. The summed E-state index contributed by atoms with van der Waals surface area (Å²) in [5, 5.41) is 14.7. The van der Waals surface area contributed by atoms with Crippen LogP contribution >= 0.6 is 0 Å². The second-order valence-corrected chi connectivity index (χ2v) is 7.15. The summed E-state index contributed by atoms with van der Waals surface area (Å²) in [5.41, 5.74) is 1.86. The molecule has 6 nitrogen and oxygen atoms in total. The lowest BCUT2D eigenvalue weighted by Crippen LogP contribution is -2.40. The van der Waals surface area contributed by atoms with Crippen molar-refractivity contribution in [2.45, 2.75) is 45.6 Å². The maximum absolute atomic E-state index is 12.5. The summed E-state index contributed by atoms with van der Waals surface area (Å²) >= 11 is 0. The topological polar surface area (TPSA) is 75.8 Å². The van der Waals surface area contributed by atoms with E-state index in [4.69, 9.17) is 9.26 Å². The summed E-state index contributed by atoms with van der Waals surface area (Å²) in [4.78, 5) is 14.2. The third-order valence-electron chi connectivity index (χ3n) is 5.04. The van der Waals surface area contributed by atoms with Crippen LogP contribution in [0.4, 0.5) is 0 Å². The van der Waals surface area contributed by atoms with Crippen LogP contribution in [0.5, 0.6) is 5.75 Å². The molecular formula is C20H26N2O4. The van der Waals surface area contributed by atoms with E-state index in [1.54, 1.807) is 4.90 Å². The van der Waals surface area contributed by atoms with Gasteiger partial charge in [0.05, 0.1) is 12.2 Å². The number of carbonyl (C=O) groups is 1. The molecule has 1 atom stereocenters. The molecule has 1 saturated heterocycles. The van der Waals surface area contributed by atoms with E-state index in [9.17, 15) is 9.90 Å². The number of hydrogen-bond donors (Lipinski definition) is 1. The van der Waals surface area contributed by atoms with Crippen molar-refractivity contribution in [3.63, 3.8) is 0 Å². The van der Waals surface area contributed by atoms with Crippen molar-refractivity contribution in [1.29, 1.82) is 0 Å². The van der Waals surface area contributed by atoms with Crippen molar-refractivity contribution < 1.29 is 19.2 Å². The summed E-state index contributed by atoms with van der Waals surface area (Å²) in [6, 6.07) is 7.72. The number of aromatic nitrogens is 1. The fourth-order valence-corrected chi connectivity index (χ4v) is 3.37. The molecule has 0 bridgehead atoms. The highest BCUT2D eigenvalue weighted by Gasteiger charge is 2.39. The zero-order valence-electron chi connectivity index (χ0n) is 15.6. The first-order valence-electron chi connectivity index (χ1n) is 8.98. The van der Waals surface area contributed by atoms with Crippen LogP contribution in [-0.4, -0.2) is 46.4 Å². The highest BCUT2D eigenvalue weighted by atomic mass is 16.5. The number of hydrogen-bond acceptors (Lipinski definition) is 5. The first-order chi connectivity index (χ1) is 12.4. The third-order valence-corrected chi connectivity index (χ3v) is 5.04. The normalized spacial score (nSPS) is 19.8. The number of benzene rings is 1. The molecule has 1 aliphatic heterocycles. The highest BCUT2D eigenvalue weighted by molar-refractivity contribution is 5.77. The molecule has 0 spiro atoms. The van der Waals surface area contributed by atoms with Crippen LogP contribution in [0.1, 0.15) is 35.4 Å². The van der Waals surface area contributed by atoms with Gasteiger partial charge in [-0.25, -0.2) is 0 Å². The molecule has 3 rings (SSSR count). The van der Waals surface area contributed by atoms with Crippen LogP contribution in [0, 0.1) is 20.8 Å². The van der Waals surface area contributed by atoms with Gasteiger partial charge in [0.2, 0.25) is 5.91 Å². The molecule has 140 valence electrons. The Balaban J connectivity index is 1.52. The van der Waals surface area contributed by atoms with Gasteiger partial charge in [-0.2, -0.15) is 0 Å². The van der Waals surface area contributed by atoms with Gasteiger partial charge in [-0.3, -0.25) is 4.79 Å². The van der Waals surface area contributed by atoms with Crippen LogP contribution in [0.3, 0.4) is 0 Å². The highest BCUT2D eigenvalue weighted by Crippen LogP contribution is 2.25. The van der Waals surface area contributed by atoms with E-state index in [1.807, 2.05) is 45.0 Å². The second kappa shape index (κ2) is 7.50. The number of aliphatic hydroxyl groups is 1. The summed E-state index contributed by atoms with van der Waals surface area (Å²) in [6.45, 7) is 6.75. The van der Waals surface area contributed by atoms with E-state index in [0.717, 1.165) is 28.3 Å². The SMILES string of the molecule is Cc1ccccc1OC[C@@]1(O)CCN(C(=O)CCc2c(C)noc2C)C1. The summed E-state index contributed by atoms with van der Waals surface area (Å²) in [7, 11) is 0. The molecule has 0 saturated carbocycles. The molecule has 1 aromatic heterocycles. The van der Waals surface area contributed by atoms with E-state index in [2.05, 4.69) is 5.16 Å². The summed E-state index contributed by atoms with van der Waals surface area (Å²) < 4.78 is 10.9. The summed E-state index contributed by atoms with van der Waals surface area (Å²) in [6.07, 6.45) is 1.52. The van der Waals surface area contributed by atoms with Gasteiger partial charge in [0.1, 0.15) is 23.7 Å². The van der Waals surface area contributed by atoms with E-state index in [-0.39, 0.29) is 12.5 Å². The predicted molar refractivity (Wildman–Crippen MR) is 97.1 cm³/mol. The molecule has 0 unspecified atom stereocenters. The van der Waals surface area contributed by atoms with Crippen molar-refractivity contribution in [2.24, 2.45) is 0 Å². The molecule has 0 aliphatic carbocycles. The van der Waals surface area contributed by atoms with Gasteiger partial charge in [0.15, 0.2) is 0 Å². The Bertz CT molecular complexity index is 766. The van der Waals surface area contributed by atoms with E-state index >= 15 is 0 Å². The smallest absolute Gasteiger partial charge is 0.223 e. The lowest BCUT2D eigenvalue weighted by atomic mass is 10.1. The Labute approximate surface area is 153 Å². The molecule has 1 fully saturated rings. The fourth-order valence-electron chi connectivity index (χ4n) is 3.37. The molecule has 26 heavy (non-hydrogen) atoms. The molecule has 0 radical (unpaired) electrons. The zero-order chi connectivity index (χ0) is 18.7. The number of β-amino-alcohol motifs (C(OH)–C–C–N with tert-alkyl or cyclic N) is 1. The minimum atomic E-state index is -0.999.